The molecule has 0 heterocycles. The second-order valence-corrected chi connectivity index (χ2v) is 6.48. The van der Waals surface area contributed by atoms with E-state index in [1.54, 1.807) is 6.08 Å². The Labute approximate surface area is 113 Å². The van der Waals surface area contributed by atoms with Crippen molar-refractivity contribution in [2.24, 2.45) is 0 Å². The third-order valence-corrected chi connectivity index (χ3v) is 3.15. The second kappa shape index (κ2) is 6.67. The molecule has 0 aromatic rings. The summed E-state index contributed by atoms with van der Waals surface area (Å²) in [5.74, 6) is -1.88. The number of allylic oxidation sites excluding steroid dienone is 1. The Kier molecular flexibility index (Phi) is 6.17. The van der Waals surface area contributed by atoms with Crippen LogP contribution in [0.15, 0.2) is 12.7 Å². The predicted octanol–water partition coefficient (Wildman–Crippen LogP) is -0.150. The van der Waals surface area contributed by atoms with Gasteiger partial charge in [0.15, 0.2) is 0 Å². The highest BCUT2D eigenvalue weighted by Crippen LogP contribution is 2.07. The molecule has 19 heavy (non-hydrogen) atoms. The molecule has 8 heteroatoms. The molecular formula is C11H20N2O5S. The Morgan fingerprint density at radius 1 is 1.42 bits per heavy atom. The molecule has 0 aromatic heterocycles. The average molecular weight is 292 g/mol. The Bertz CT molecular complexity index is 456. The van der Waals surface area contributed by atoms with E-state index < -0.39 is 33.5 Å². The SMILES string of the molecule is C=CCCC(NC(=O)C(C)(C)NS(C)(=O)=O)C(=O)O. The number of carbonyl (C=O) groups is 2. The van der Waals surface area contributed by atoms with Crippen LogP contribution < -0.4 is 10.0 Å². The number of hydrogen-bond acceptors (Lipinski definition) is 4. The molecule has 0 rings (SSSR count). The van der Waals surface area contributed by atoms with Gasteiger partial charge in [-0.05, 0) is 26.7 Å². The summed E-state index contributed by atoms with van der Waals surface area (Å²) in [6.45, 7) is 6.18. The Morgan fingerprint density at radius 3 is 2.32 bits per heavy atom. The molecular weight excluding hydrogens is 272 g/mol. The first-order chi connectivity index (χ1) is 8.49. The van der Waals surface area contributed by atoms with Gasteiger partial charge in [0, 0.05) is 0 Å². The van der Waals surface area contributed by atoms with E-state index in [-0.39, 0.29) is 6.42 Å². The van der Waals surface area contributed by atoms with Crippen LogP contribution in [0.2, 0.25) is 0 Å². The van der Waals surface area contributed by atoms with Gasteiger partial charge in [-0.2, -0.15) is 0 Å². The fraction of sp³-hybridized carbons (Fsp3) is 0.636. The lowest BCUT2D eigenvalue weighted by atomic mass is 10.0. The number of hydrogen-bond donors (Lipinski definition) is 3. The van der Waals surface area contributed by atoms with Gasteiger partial charge < -0.3 is 10.4 Å². The number of sulfonamides is 1. The first-order valence-corrected chi connectivity index (χ1v) is 7.52. The molecule has 0 saturated heterocycles. The molecule has 110 valence electrons. The van der Waals surface area contributed by atoms with Crippen LogP contribution in [0.5, 0.6) is 0 Å². The van der Waals surface area contributed by atoms with Gasteiger partial charge >= 0.3 is 5.97 Å². The molecule has 0 aliphatic carbocycles. The highest BCUT2D eigenvalue weighted by Gasteiger charge is 2.33. The van der Waals surface area contributed by atoms with E-state index in [4.69, 9.17) is 5.11 Å². The minimum absolute atomic E-state index is 0.194. The summed E-state index contributed by atoms with van der Waals surface area (Å²) in [5.41, 5.74) is -1.42. The lowest BCUT2D eigenvalue weighted by Gasteiger charge is -2.26. The zero-order valence-electron chi connectivity index (χ0n) is 11.3. The number of nitrogens with one attached hydrogen (secondary N) is 2. The molecule has 7 nitrogen and oxygen atoms in total. The van der Waals surface area contributed by atoms with E-state index >= 15 is 0 Å². The maximum absolute atomic E-state index is 11.9. The van der Waals surface area contributed by atoms with E-state index in [2.05, 4.69) is 16.6 Å². The highest BCUT2D eigenvalue weighted by atomic mass is 32.2. The number of carboxylic acid groups (broad SMARTS) is 1. The maximum atomic E-state index is 11.9. The highest BCUT2D eigenvalue weighted by molar-refractivity contribution is 7.88. The number of rotatable bonds is 8. The molecule has 1 amide bonds. The molecule has 0 aromatic carbocycles. The molecule has 3 N–H and O–H groups in total. The average Bonchev–Trinajstić information content (AvgIpc) is 2.19. The Morgan fingerprint density at radius 2 is 1.95 bits per heavy atom. The summed E-state index contributed by atoms with van der Waals surface area (Å²) >= 11 is 0. The van der Waals surface area contributed by atoms with E-state index in [9.17, 15) is 18.0 Å². The van der Waals surface area contributed by atoms with Gasteiger partial charge in [-0.15, -0.1) is 6.58 Å². The predicted molar refractivity (Wildman–Crippen MR) is 71.1 cm³/mol. The van der Waals surface area contributed by atoms with Crippen molar-refractivity contribution in [3.63, 3.8) is 0 Å². The minimum atomic E-state index is -3.57. The number of carboxylic acids is 1. The summed E-state index contributed by atoms with van der Waals surface area (Å²) in [7, 11) is -3.57. The summed E-state index contributed by atoms with van der Waals surface area (Å²) in [4.78, 5) is 22.9. The normalized spacial score (nSPS) is 13.6. The summed E-state index contributed by atoms with van der Waals surface area (Å²) < 4.78 is 24.4. The largest absolute Gasteiger partial charge is 0.480 e. The van der Waals surface area contributed by atoms with Crippen LogP contribution in [0, 0.1) is 0 Å². The van der Waals surface area contributed by atoms with Crippen molar-refractivity contribution in [1.82, 2.24) is 10.0 Å². The molecule has 0 fully saturated rings. The summed E-state index contributed by atoms with van der Waals surface area (Å²) in [6, 6.07) is -1.08. The van der Waals surface area contributed by atoms with Crippen LogP contribution >= 0.6 is 0 Å². The first kappa shape index (κ1) is 17.6. The Balaban J connectivity index is 4.80. The lowest BCUT2D eigenvalue weighted by molar-refractivity contribution is -0.142. The van der Waals surface area contributed by atoms with Gasteiger partial charge in [0.1, 0.15) is 11.6 Å². The van der Waals surface area contributed by atoms with Crippen molar-refractivity contribution >= 4 is 21.9 Å². The minimum Gasteiger partial charge on any atom is -0.480 e. The van der Waals surface area contributed by atoms with Crippen molar-refractivity contribution < 1.29 is 23.1 Å². The number of amides is 1. The van der Waals surface area contributed by atoms with E-state index in [1.807, 2.05) is 0 Å². The van der Waals surface area contributed by atoms with Crippen LogP contribution in [-0.4, -0.2) is 43.2 Å². The molecule has 0 aliphatic rings. The van der Waals surface area contributed by atoms with E-state index in [0.717, 1.165) is 6.26 Å². The Hall–Kier alpha value is -1.41. The molecule has 0 radical (unpaired) electrons. The van der Waals surface area contributed by atoms with Crippen molar-refractivity contribution in [3.8, 4) is 0 Å². The fourth-order valence-electron chi connectivity index (χ4n) is 1.39. The van der Waals surface area contributed by atoms with Gasteiger partial charge in [0.25, 0.3) is 0 Å². The third-order valence-electron chi connectivity index (χ3n) is 2.27. The molecule has 0 saturated carbocycles. The van der Waals surface area contributed by atoms with Crippen molar-refractivity contribution in [3.05, 3.63) is 12.7 Å². The smallest absolute Gasteiger partial charge is 0.326 e. The fourth-order valence-corrected chi connectivity index (χ4v) is 2.41. The molecule has 0 spiro atoms. The van der Waals surface area contributed by atoms with E-state index in [0.29, 0.717) is 6.42 Å². The van der Waals surface area contributed by atoms with E-state index in [1.165, 1.54) is 13.8 Å². The molecule has 0 aliphatic heterocycles. The lowest BCUT2D eigenvalue weighted by Crippen LogP contribution is -2.57. The third kappa shape index (κ3) is 6.92. The van der Waals surface area contributed by atoms with Gasteiger partial charge in [-0.1, -0.05) is 6.08 Å². The zero-order valence-corrected chi connectivity index (χ0v) is 12.1. The van der Waals surface area contributed by atoms with Crippen LogP contribution in [0.1, 0.15) is 26.7 Å². The number of aliphatic carboxylic acids is 1. The van der Waals surface area contributed by atoms with Crippen LogP contribution in [0.3, 0.4) is 0 Å². The zero-order chi connectivity index (χ0) is 15.3. The summed E-state index contributed by atoms with van der Waals surface area (Å²) in [5, 5.41) is 11.3. The van der Waals surface area contributed by atoms with Crippen LogP contribution in [-0.2, 0) is 19.6 Å². The summed E-state index contributed by atoms with van der Waals surface area (Å²) in [6.07, 6.45) is 3.09. The standard InChI is InChI=1S/C11H20N2O5S/c1-5-6-7-8(9(14)15)12-10(16)11(2,3)13-19(4,17)18/h5,8,13H,1,6-7H2,2-4H3,(H,12,16)(H,14,15). The monoisotopic (exact) mass is 292 g/mol. The molecule has 1 atom stereocenters. The molecule has 1 unspecified atom stereocenters. The topological polar surface area (TPSA) is 113 Å². The van der Waals surface area contributed by atoms with Crippen molar-refractivity contribution in [1.29, 1.82) is 0 Å². The number of carbonyl (C=O) groups excluding carboxylic acids is 1. The molecule has 0 bridgehead atoms. The quantitative estimate of drug-likeness (QED) is 0.539. The maximum Gasteiger partial charge on any atom is 0.326 e. The second-order valence-electron chi connectivity index (χ2n) is 4.73. The van der Waals surface area contributed by atoms with Crippen molar-refractivity contribution in [2.75, 3.05) is 6.26 Å². The van der Waals surface area contributed by atoms with Gasteiger partial charge in [-0.25, -0.2) is 17.9 Å². The van der Waals surface area contributed by atoms with Crippen molar-refractivity contribution in [2.45, 2.75) is 38.3 Å². The van der Waals surface area contributed by atoms with Crippen LogP contribution in [0.25, 0.3) is 0 Å². The van der Waals surface area contributed by atoms with Gasteiger partial charge in [0.05, 0.1) is 6.26 Å². The van der Waals surface area contributed by atoms with Crippen LogP contribution in [0.4, 0.5) is 0 Å². The van der Waals surface area contributed by atoms with Gasteiger partial charge in [-0.3, -0.25) is 4.79 Å². The first-order valence-electron chi connectivity index (χ1n) is 5.63. The van der Waals surface area contributed by atoms with Gasteiger partial charge in [0.2, 0.25) is 15.9 Å².